The van der Waals surface area contributed by atoms with Crippen LogP contribution in [0.4, 0.5) is 0 Å². The first-order valence-corrected chi connectivity index (χ1v) is 8.56. The van der Waals surface area contributed by atoms with Gasteiger partial charge in [-0.3, -0.25) is 4.79 Å². The molecule has 1 aromatic heterocycles. The fourth-order valence-electron chi connectivity index (χ4n) is 2.36. The lowest BCUT2D eigenvalue weighted by atomic mass is 10.1. The standard InChI is InChI=1S/C20H19ClN2O3/c1-20(2,25-17-10-8-15(21)9-11-17)19(24)22-13-16-12-18(26-23-16)14-6-4-3-5-7-14/h3-12H,13H2,1-2H3,(H,22,24). The van der Waals surface area contributed by atoms with Gasteiger partial charge < -0.3 is 14.6 Å². The highest BCUT2D eigenvalue weighted by atomic mass is 35.5. The number of hydrogen-bond donors (Lipinski definition) is 1. The molecule has 0 atom stereocenters. The van der Waals surface area contributed by atoms with Crippen molar-refractivity contribution in [3.05, 3.63) is 71.4 Å². The number of nitrogens with one attached hydrogen (secondary N) is 1. The second kappa shape index (κ2) is 7.62. The Morgan fingerprint density at radius 3 is 2.54 bits per heavy atom. The van der Waals surface area contributed by atoms with Crippen LogP contribution < -0.4 is 10.1 Å². The lowest BCUT2D eigenvalue weighted by molar-refractivity contribution is -0.134. The summed E-state index contributed by atoms with van der Waals surface area (Å²) in [6.45, 7) is 3.66. The van der Waals surface area contributed by atoms with Crippen LogP contribution in [0.5, 0.6) is 5.75 Å². The van der Waals surface area contributed by atoms with Gasteiger partial charge >= 0.3 is 0 Å². The predicted octanol–water partition coefficient (Wildman–Crippen LogP) is 4.47. The molecule has 134 valence electrons. The van der Waals surface area contributed by atoms with E-state index in [4.69, 9.17) is 20.9 Å². The van der Waals surface area contributed by atoms with Crippen molar-refractivity contribution < 1.29 is 14.1 Å². The molecular formula is C20H19ClN2O3. The van der Waals surface area contributed by atoms with E-state index in [1.165, 1.54) is 0 Å². The minimum atomic E-state index is -1.04. The van der Waals surface area contributed by atoms with E-state index in [1.807, 2.05) is 36.4 Å². The summed E-state index contributed by atoms with van der Waals surface area (Å²) >= 11 is 5.86. The van der Waals surface area contributed by atoms with Gasteiger partial charge in [-0.25, -0.2) is 0 Å². The number of benzene rings is 2. The summed E-state index contributed by atoms with van der Waals surface area (Å²) in [6, 6.07) is 18.3. The molecule has 0 saturated carbocycles. The summed E-state index contributed by atoms with van der Waals surface area (Å²) in [5.41, 5.74) is 0.531. The van der Waals surface area contributed by atoms with E-state index in [1.54, 1.807) is 38.1 Å². The third-order valence-corrected chi connectivity index (χ3v) is 4.03. The lowest BCUT2D eigenvalue weighted by Crippen LogP contribution is -2.46. The van der Waals surface area contributed by atoms with E-state index < -0.39 is 5.60 Å². The number of halogens is 1. The van der Waals surface area contributed by atoms with Crippen LogP contribution in [0.3, 0.4) is 0 Å². The number of carbonyl (C=O) groups excluding carboxylic acids is 1. The minimum Gasteiger partial charge on any atom is -0.478 e. The molecule has 0 unspecified atom stereocenters. The quantitative estimate of drug-likeness (QED) is 0.695. The van der Waals surface area contributed by atoms with Gasteiger partial charge in [-0.05, 0) is 38.1 Å². The summed E-state index contributed by atoms with van der Waals surface area (Å²) < 4.78 is 11.1. The van der Waals surface area contributed by atoms with Crippen LogP contribution >= 0.6 is 11.6 Å². The number of carbonyl (C=O) groups is 1. The van der Waals surface area contributed by atoms with Crippen LogP contribution in [0.1, 0.15) is 19.5 Å². The Kier molecular flexibility index (Phi) is 5.28. The number of hydrogen-bond acceptors (Lipinski definition) is 4. The Morgan fingerprint density at radius 1 is 1.15 bits per heavy atom. The highest BCUT2D eigenvalue weighted by Gasteiger charge is 2.30. The van der Waals surface area contributed by atoms with Crippen molar-refractivity contribution in [2.24, 2.45) is 0 Å². The predicted molar refractivity (Wildman–Crippen MR) is 99.9 cm³/mol. The molecule has 6 heteroatoms. The molecule has 0 radical (unpaired) electrons. The third kappa shape index (κ3) is 4.43. The van der Waals surface area contributed by atoms with Gasteiger partial charge in [-0.2, -0.15) is 0 Å². The van der Waals surface area contributed by atoms with Crippen molar-refractivity contribution >= 4 is 17.5 Å². The maximum atomic E-state index is 12.5. The molecule has 1 heterocycles. The van der Waals surface area contributed by atoms with Gasteiger partial charge in [0.2, 0.25) is 0 Å². The van der Waals surface area contributed by atoms with Gasteiger partial charge in [-0.15, -0.1) is 0 Å². The Morgan fingerprint density at radius 2 is 1.85 bits per heavy atom. The molecule has 0 fully saturated rings. The molecular weight excluding hydrogens is 352 g/mol. The summed E-state index contributed by atoms with van der Waals surface area (Å²) in [5, 5.41) is 7.43. The van der Waals surface area contributed by atoms with Gasteiger partial charge in [0.1, 0.15) is 11.4 Å². The highest BCUT2D eigenvalue weighted by Crippen LogP contribution is 2.22. The van der Waals surface area contributed by atoms with Crippen LogP contribution in [0, 0.1) is 0 Å². The van der Waals surface area contributed by atoms with Crippen LogP contribution in [0.2, 0.25) is 5.02 Å². The number of amides is 1. The topological polar surface area (TPSA) is 64.4 Å². The average molecular weight is 371 g/mol. The largest absolute Gasteiger partial charge is 0.478 e. The van der Waals surface area contributed by atoms with Crippen molar-refractivity contribution in [1.82, 2.24) is 10.5 Å². The Bertz CT molecular complexity index is 874. The molecule has 0 saturated heterocycles. The molecule has 3 aromatic rings. The van der Waals surface area contributed by atoms with E-state index in [9.17, 15) is 4.79 Å². The smallest absolute Gasteiger partial charge is 0.263 e. The Balaban J connectivity index is 1.59. The first kappa shape index (κ1) is 18.0. The molecule has 0 aliphatic rings. The van der Waals surface area contributed by atoms with E-state index >= 15 is 0 Å². The zero-order valence-corrected chi connectivity index (χ0v) is 15.3. The van der Waals surface area contributed by atoms with Gasteiger partial charge in [0.05, 0.1) is 6.54 Å². The molecule has 3 rings (SSSR count). The highest BCUT2D eigenvalue weighted by molar-refractivity contribution is 6.30. The van der Waals surface area contributed by atoms with Crippen LogP contribution in [-0.4, -0.2) is 16.7 Å². The van der Waals surface area contributed by atoms with E-state index in [0.717, 1.165) is 5.56 Å². The number of ether oxygens (including phenoxy) is 1. The van der Waals surface area contributed by atoms with E-state index in [2.05, 4.69) is 10.5 Å². The van der Waals surface area contributed by atoms with E-state index in [-0.39, 0.29) is 12.5 Å². The van der Waals surface area contributed by atoms with Gasteiger partial charge in [0, 0.05) is 16.7 Å². The molecule has 26 heavy (non-hydrogen) atoms. The van der Waals surface area contributed by atoms with Crippen molar-refractivity contribution in [2.75, 3.05) is 0 Å². The van der Waals surface area contributed by atoms with Gasteiger partial charge in [0.15, 0.2) is 11.4 Å². The summed E-state index contributed by atoms with van der Waals surface area (Å²) in [5.74, 6) is 0.977. The number of aromatic nitrogens is 1. The van der Waals surface area contributed by atoms with Crippen molar-refractivity contribution in [3.63, 3.8) is 0 Å². The van der Waals surface area contributed by atoms with Crippen LogP contribution in [0.15, 0.2) is 65.2 Å². The second-order valence-corrected chi connectivity index (χ2v) is 6.73. The summed E-state index contributed by atoms with van der Waals surface area (Å²) in [7, 11) is 0. The zero-order valence-electron chi connectivity index (χ0n) is 14.5. The molecule has 1 N–H and O–H groups in total. The van der Waals surface area contributed by atoms with Crippen molar-refractivity contribution in [1.29, 1.82) is 0 Å². The maximum Gasteiger partial charge on any atom is 0.263 e. The maximum absolute atomic E-state index is 12.5. The molecule has 1 amide bonds. The number of nitrogens with zero attached hydrogens (tertiary/aromatic N) is 1. The van der Waals surface area contributed by atoms with Crippen molar-refractivity contribution in [2.45, 2.75) is 26.0 Å². The van der Waals surface area contributed by atoms with Crippen LogP contribution in [-0.2, 0) is 11.3 Å². The Hall–Kier alpha value is -2.79. The molecule has 0 aliphatic heterocycles. The molecule has 0 spiro atoms. The Labute approximate surface area is 156 Å². The normalized spacial score (nSPS) is 11.2. The molecule has 2 aromatic carbocycles. The minimum absolute atomic E-state index is 0.253. The van der Waals surface area contributed by atoms with Crippen LogP contribution in [0.25, 0.3) is 11.3 Å². The average Bonchev–Trinajstić information content (AvgIpc) is 3.11. The number of rotatable bonds is 6. The lowest BCUT2D eigenvalue weighted by Gasteiger charge is -2.25. The van der Waals surface area contributed by atoms with Gasteiger partial charge in [0.25, 0.3) is 5.91 Å². The second-order valence-electron chi connectivity index (χ2n) is 6.30. The fourth-order valence-corrected chi connectivity index (χ4v) is 2.49. The summed E-state index contributed by atoms with van der Waals surface area (Å²) in [4.78, 5) is 12.5. The third-order valence-electron chi connectivity index (χ3n) is 3.78. The van der Waals surface area contributed by atoms with E-state index in [0.29, 0.717) is 22.2 Å². The SMILES string of the molecule is CC(C)(Oc1ccc(Cl)cc1)C(=O)NCc1cc(-c2ccccc2)on1. The molecule has 5 nitrogen and oxygen atoms in total. The van der Waals surface area contributed by atoms with Crippen molar-refractivity contribution in [3.8, 4) is 17.1 Å². The van der Waals surface area contributed by atoms with Gasteiger partial charge in [-0.1, -0.05) is 47.1 Å². The molecule has 0 bridgehead atoms. The molecule has 0 aliphatic carbocycles. The summed E-state index contributed by atoms with van der Waals surface area (Å²) in [6.07, 6.45) is 0. The monoisotopic (exact) mass is 370 g/mol. The first-order valence-electron chi connectivity index (χ1n) is 8.18. The fraction of sp³-hybridized carbons (Fsp3) is 0.200. The first-order chi connectivity index (χ1) is 12.4. The zero-order chi connectivity index (χ0) is 18.6.